The van der Waals surface area contributed by atoms with Gasteiger partial charge in [0.25, 0.3) is 11.5 Å². The molecule has 0 unspecified atom stereocenters. The Balaban J connectivity index is 1.80. The predicted octanol–water partition coefficient (Wildman–Crippen LogP) is 3.08. The van der Waals surface area contributed by atoms with Crippen molar-refractivity contribution in [2.45, 2.75) is 13.5 Å². The quantitative estimate of drug-likeness (QED) is 0.539. The van der Waals surface area contributed by atoms with Gasteiger partial charge in [-0.1, -0.05) is 60.7 Å². The van der Waals surface area contributed by atoms with E-state index >= 15 is 0 Å². The summed E-state index contributed by atoms with van der Waals surface area (Å²) in [5.74, 6) is -0.474. The minimum absolute atomic E-state index is 0.0303. The second-order valence-electron chi connectivity index (χ2n) is 6.97. The lowest BCUT2D eigenvalue weighted by Gasteiger charge is -2.13. The molecule has 0 fully saturated rings. The Kier molecular flexibility index (Phi) is 5.26. The van der Waals surface area contributed by atoms with Crippen LogP contribution in [0.4, 0.5) is 0 Å². The summed E-state index contributed by atoms with van der Waals surface area (Å²) in [4.78, 5) is 25.8. The minimum Gasteiger partial charge on any atom is -0.346 e. The zero-order chi connectivity index (χ0) is 21.1. The molecule has 150 valence electrons. The molecule has 30 heavy (non-hydrogen) atoms. The predicted molar refractivity (Wildman–Crippen MR) is 115 cm³/mol. The molecule has 0 radical (unpaired) electrons. The highest BCUT2D eigenvalue weighted by molar-refractivity contribution is 6.03. The molecule has 7 nitrogen and oxygen atoms in total. The lowest BCUT2D eigenvalue weighted by molar-refractivity contribution is 0.0949. The van der Waals surface area contributed by atoms with Crippen LogP contribution >= 0.6 is 0 Å². The zero-order valence-corrected chi connectivity index (χ0v) is 16.7. The molecule has 0 aliphatic heterocycles. The third-order valence-electron chi connectivity index (χ3n) is 4.91. The maximum Gasteiger partial charge on any atom is 0.277 e. The van der Waals surface area contributed by atoms with E-state index < -0.39 is 11.5 Å². The van der Waals surface area contributed by atoms with E-state index in [9.17, 15) is 9.59 Å². The van der Waals surface area contributed by atoms with Gasteiger partial charge in [-0.3, -0.25) is 14.3 Å². The molecule has 0 saturated heterocycles. The van der Waals surface area contributed by atoms with E-state index in [0.717, 1.165) is 22.5 Å². The molecular formula is C23H21N5O2. The Hall–Kier alpha value is -4.00. The first-order chi connectivity index (χ1) is 14.5. The van der Waals surface area contributed by atoms with E-state index in [0.29, 0.717) is 11.3 Å². The number of nitrogens with zero attached hydrogens (tertiary/aromatic N) is 3. The maximum atomic E-state index is 13.1. The summed E-state index contributed by atoms with van der Waals surface area (Å²) >= 11 is 0. The van der Waals surface area contributed by atoms with Crippen molar-refractivity contribution in [2.75, 3.05) is 0 Å². The number of amides is 1. The second kappa shape index (κ2) is 8.16. The van der Waals surface area contributed by atoms with Gasteiger partial charge in [0, 0.05) is 23.9 Å². The van der Waals surface area contributed by atoms with Crippen molar-refractivity contribution in [3.8, 4) is 22.4 Å². The molecule has 2 heterocycles. The van der Waals surface area contributed by atoms with E-state index in [-0.39, 0.29) is 12.1 Å². The molecule has 4 rings (SSSR count). The highest BCUT2D eigenvalue weighted by Gasteiger charge is 2.23. The number of benzene rings is 2. The van der Waals surface area contributed by atoms with Crippen molar-refractivity contribution in [3.05, 3.63) is 94.0 Å². The molecule has 0 saturated carbocycles. The molecule has 0 aliphatic carbocycles. The normalized spacial score (nSPS) is 10.7. The molecule has 2 aromatic carbocycles. The summed E-state index contributed by atoms with van der Waals surface area (Å²) in [7, 11) is 1.84. The Morgan fingerprint density at radius 1 is 1.03 bits per heavy atom. The molecule has 2 aromatic heterocycles. The Bertz CT molecular complexity index is 1220. The lowest BCUT2D eigenvalue weighted by Crippen LogP contribution is -2.31. The van der Waals surface area contributed by atoms with E-state index in [1.807, 2.05) is 80.7 Å². The zero-order valence-electron chi connectivity index (χ0n) is 16.7. The van der Waals surface area contributed by atoms with Gasteiger partial charge in [0.1, 0.15) is 5.56 Å². The van der Waals surface area contributed by atoms with E-state index in [2.05, 4.69) is 20.6 Å². The van der Waals surface area contributed by atoms with E-state index in [1.165, 1.54) is 0 Å². The van der Waals surface area contributed by atoms with Gasteiger partial charge in [-0.15, -0.1) is 0 Å². The van der Waals surface area contributed by atoms with Gasteiger partial charge < -0.3 is 5.32 Å². The summed E-state index contributed by atoms with van der Waals surface area (Å²) in [5.41, 5.74) is 3.79. The third-order valence-corrected chi connectivity index (χ3v) is 4.91. The van der Waals surface area contributed by atoms with Crippen LogP contribution in [-0.2, 0) is 13.6 Å². The van der Waals surface area contributed by atoms with Gasteiger partial charge in [0.05, 0.1) is 17.9 Å². The third kappa shape index (κ3) is 3.77. The number of H-pyrrole nitrogens is 1. The van der Waals surface area contributed by atoms with Crippen molar-refractivity contribution >= 4 is 5.91 Å². The van der Waals surface area contributed by atoms with Crippen molar-refractivity contribution in [3.63, 3.8) is 0 Å². The Morgan fingerprint density at radius 3 is 2.27 bits per heavy atom. The van der Waals surface area contributed by atoms with Gasteiger partial charge in [-0.05, 0) is 18.6 Å². The minimum atomic E-state index is -0.539. The molecule has 0 spiro atoms. The van der Waals surface area contributed by atoms with Gasteiger partial charge >= 0.3 is 0 Å². The first kappa shape index (κ1) is 19.3. The van der Waals surface area contributed by atoms with Crippen LogP contribution in [0, 0.1) is 6.92 Å². The molecule has 2 N–H and O–H groups in total. The number of nitrogens with one attached hydrogen (secondary N) is 2. The number of aromatic nitrogens is 4. The topological polar surface area (TPSA) is 92.7 Å². The standard InChI is InChI=1S/C23H21N5O2/c1-15-13-18(27-28(15)2)14-24-22(29)20-19(16-9-5-3-6-10-16)21(25-26-23(20)30)17-11-7-4-8-12-17/h3-13H,14H2,1-2H3,(H,24,29)(H,26,30). The summed E-state index contributed by atoms with van der Waals surface area (Å²) in [6.45, 7) is 2.16. The van der Waals surface area contributed by atoms with Crippen LogP contribution < -0.4 is 10.9 Å². The van der Waals surface area contributed by atoms with Crippen molar-refractivity contribution in [1.82, 2.24) is 25.3 Å². The van der Waals surface area contributed by atoms with Gasteiger partial charge in [-0.2, -0.15) is 10.2 Å². The molecule has 0 atom stereocenters. The van der Waals surface area contributed by atoms with Crippen molar-refractivity contribution < 1.29 is 4.79 Å². The number of aromatic amines is 1. The molecule has 0 aliphatic rings. The number of hydrogen-bond acceptors (Lipinski definition) is 4. The van der Waals surface area contributed by atoms with Crippen LogP contribution in [-0.4, -0.2) is 25.9 Å². The number of aryl methyl sites for hydroxylation is 2. The smallest absolute Gasteiger partial charge is 0.277 e. The van der Waals surface area contributed by atoms with E-state index in [4.69, 9.17) is 0 Å². The van der Waals surface area contributed by atoms with Crippen molar-refractivity contribution in [2.24, 2.45) is 7.05 Å². The average Bonchev–Trinajstić information content (AvgIpc) is 3.10. The fourth-order valence-corrected chi connectivity index (χ4v) is 3.34. The van der Waals surface area contributed by atoms with E-state index in [1.54, 1.807) is 4.68 Å². The highest BCUT2D eigenvalue weighted by Crippen LogP contribution is 2.31. The molecule has 4 aromatic rings. The van der Waals surface area contributed by atoms with Gasteiger partial charge in [-0.25, -0.2) is 5.10 Å². The summed E-state index contributed by atoms with van der Waals surface area (Å²) in [6, 6.07) is 20.7. The van der Waals surface area contributed by atoms with Crippen LogP contribution in [0.3, 0.4) is 0 Å². The first-order valence-electron chi connectivity index (χ1n) is 9.56. The Morgan fingerprint density at radius 2 is 1.67 bits per heavy atom. The fraction of sp³-hybridized carbons (Fsp3) is 0.130. The van der Waals surface area contributed by atoms with Crippen LogP contribution in [0.1, 0.15) is 21.7 Å². The number of carbonyl (C=O) groups is 1. The number of hydrogen-bond donors (Lipinski definition) is 2. The van der Waals surface area contributed by atoms with Crippen LogP contribution in [0.2, 0.25) is 0 Å². The van der Waals surface area contributed by atoms with Crippen LogP contribution in [0.5, 0.6) is 0 Å². The van der Waals surface area contributed by atoms with Crippen LogP contribution in [0.15, 0.2) is 71.5 Å². The van der Waals surface area contributed by atoms with Gasteiger partial charge in [0.2, 0.25) is 0 Å². The average molecular weight is 399 g/mol. The second-order valence-corrected chi connectivity index (χ2v) is 6.97. The monoisotopic (exact) mass is 399 g/mol. The lowest BCUT2D eigenvalue weighted by atomic mass is 9.95. The van der Waals surface area contributed by atoms with Gasteiger partial charge in [0.15, 0.2) is 0 Å². The summed E-state index contributed by atoms with van der Waals surface area (Å²) < 4.78 is 1.74. The number of rotatable bonds is 5. The molecule has 0 bridgehead atoms. The fourth-order valence-electron chi connectivity index (χ4n) is 3.34. The van der Waals surface area contributed by atoms with Crippen LogP contribution in [0.25, 0.3) is 22.4 Å². The summed E-state index contributed by atoms with van der Waals surface area (Å²) in [6.07, 6.45) is 0. The maximum absolute atomic E-state index is 13.1. The first-order valence-corrected chi connectivity index (χ1v) is 9.56. The molecular weight excluding hydrogens is 378 g/mol. The highest BCUT2D eigenvalue weighted by atomic mass is 16.2. The summed E-state index contributed by atoms with van der Waals surface area (Å²) in [5, 5.41) is 13.9. The largest absolute Gasteiger partial charge is 0.346 e. The molecule has 1 amide bonds. The van der Waals surface area contributed by atoms with Crippen molar-refractivity contribution in [1.29, 1.82) is 0 Å². The Labute approximate surface area is 173 Å². The number of carbonyl (C=O) groups excluding carboxylic acids is 1. The SMILES string of the molecule is Cc1cc(CNC(=O)c2c(-c3ccccc3)c(-c3ccccc3)n[nH]c2=O)nn1C. The molecule has 7 heteroatoms.